The van der Waals surface area contributed by atoms with Crippen LogP contribution >= 0.6 is 0 Å². The maximum atomic E-state index is 12.3. The number of hydrogen-bond donors (Lipinski definition) is 2. The van der Waals surface area contributed by atoms with Gasteiger partial charge in [0.15, 0.2) is 0 Å². The summed E-state index contributed by atoms with van der Waals surface area (Å²) in [7, 11) is 0. The first-order chi connectivity index (χ1) is 12.5. The molecule has 6 heteroatoms. The summed E-state index contributed by atoms with van der Waals surface area (Å²) in [4.78, 5) is 26.7. The molecular weight excluding hydrogens is 330 g/mol. The standard InChI is InChI=1S/C20H23N3O3/c1-14-7-8-16(13-15(14)2)21-19(24)20(25)22-17-5-3-4-6-18(17)23-9-11-26-12-10-23/h3-8,13H,9-12H2,1-2H3,(H,21,24)(H,22,25). The summed E-state index contributed by atoms with van der Waals surface area (Å²) in [5.41, 5.74) is 4.31. The van der Waals surface area contributed by atoms with Gasteiger partial charge in [-0.1, -0.05) is 18.2 Å². The number of nitrogens with one attached hydrogen (secondary N) is 2. The number of benzene rings is 2. The number of morpholine rings is 1. The van der Waals surface area contributed by atoms with Crippen LogP contribution in [0.3, 0.4) is 0 Å². The molecule has 1 aliphatic heterocycles. The van der Waals surface area contributed by atoms with E-state index in [1.807, 2.05) is 44.2 Å². The van der Waals surface area contributed by atoms with Gasteiger partial charge < -0.3 is 20.3 Å². The summed E-state index contributed by atoms with van der Waals surface area (Å²) in [6.45, 7) is 6.76. The molecule has 0 radical (unpaired) electrons. The number of amides is 2. The first kappa shape index (κ1) is 17.9. The lowest BCUT2D eigenvalue weighted by atomic mass is 10.1. The van der Waals surface area contributed by atoms with Gasteiger partial charge in [0.2, 0.25) is 0 Å². The van der Waals surface area contributed by atoms with Gasteiger partial charge in [0.05, 0.1) is 24.6 Å². The molecule has 1 fully saturated rings. The largest absolute Gasteiger partial charge is 0.378 e. The molecule has 1 heterocycles. The second kappa shape index (κ2) is 8.01. The third-order valence-electron chi connectivity index (χ3n) is 4.48. The predicted octanol–water partition coefficient (Wildman–Crippen LogP) is 2.72. The second-order valence-corrected chi connectivity index (χ2v) is 6.32. The molecule has 0 aliphatic carbocycles. The Labute approximate surface area is 153 Å². The fourth-order valence-corrected chi connectivity index (χ4v) is 2.85. The van der Waals surface area contributed by atoms with Gasteiger partial charge in [-0.05, 0) is 49.2 Å². The number of nitrogens with zero attached hydrogens (tertiary/aromatic N) is 1. The van der Waals surface area contributed by atoms with Gasteiger partial charge in [-0.3, -0.25) is 9.59 Å². The zero-order valence-corrected chi connectivity index (χ0v) is 15.0. The minimum Gasteiger partial charge on any atom is -0.378 e. The predicted molar refractivity (Wildman–Crippen MR) is 103 cm³/mol. The Morgan fingerprint density at radius 2 is 1.62 bits per heavy atom. The highest BCUT2D eigenvalue weighted by Crippen LogP contribution is 2.26. The van der Waals surface area contributed by atoms with Gasteiger partial charge in [0.1, 0.15) is 0 Å². The zero-order chi connectivity index (χ0) is 18.5. The molecule has 0 spiro atoms. The third-order valence-corrected chi connectivity index (χ3v) is 4.48. The smallest absolute Gasteiger partial charge is 0.314 e. The highest BCUT2D eigenvalue weighted by atomic mass is 16.5. The molecule has 2 amide bonds. The lowest BCUT2D eigenvalue weighted by Gasteiger charge is -2.30. The van der Waals surface area contributed by atoms with Crippen LogP contribution in [0.5, 0.6) is 0 Å². The Hall–Kier alpha value is -2.86. The summed E-state index contributed by atoms with van der Waals surface area (Å²) >= 11 is 0. The van der Waals surface area contributed by atoms with E-state index in [2.05, 4.69) is 15.5 Å². The average molecular weight is 353 g/mol. The van der Waals surface area contributed by atoms with Gasteiger partial charge in [-0.2, -0.15) is 0 Å². The summed E-state index contributed by atoms with van der Waals surface area (Å²) in [5.74, 6) is -1.38. The summed E-state index contributed by atoms with van der Waals surface area (Å²) in [5, 5.41) is 5.36. The highest BCUT2D eigenvalue weighted by Gasteiger charge is 2.19. The lowest BCUT2D eigenvalue weighted by Crippen LogP contribution is -2.37. The molecule has 0 aromatic heterocycles. The minimum atomic E-state index is -0.691. The number of para-hydroxylation sites is 2. The van der Waals surface area contributed by atoms with Crippen LogP contribution in [0.4, 0.5) is 17.1 Å². The minimum absolute atomic E-state index is 0.606. The Kier molecular flexibility index (Phi) is 5.53. The van der Waals surface area contributed by atoms with Crippen LogP contribution in [0.25, 0.3) is 0 Å². The summed E-state index contributed by atoms with van der Waals surface area (Å²) in [6, 6.07) is 13.0. The van der Waals surface area contributed by atoms with Crippen molar-refractivity contribution in [2.75, 3.05) is 41.8 Å². The van der Waals surface area contributed by atoms with Gasteiger partial charge >= 0.3 is 11.8 Å². The quantitative estimate of drug-likeness (QED) is 0.833. The van der Waals surface area contributed by atoms with Crippen molar-refractivity contribution >= 4 is 28.9 Å². The molecule has 1 saturated heterocycles. The molecule has 0 bridgehead atoms. The van der Waals surface area contributed by atoms with E-state index in [9.17, 15) is 9.59 Å². The van der Waals surface area contributed by atoms with Crippen LogP contribution in [0.15, 0.2) is 42.5 Å². The van der Waals surface area contributed by atoms with E-state index in [0.717, 1.165) is 29.9 Å². The van der Waals surface area contributed by atoms with E-state index in [1.54, 1.807) is 12.1 Å². The second-order valence-electron chi connectivity index (χ2n) is 6.32. The van der Waals surface area contributed by atoms with Crippen molar-refractivity contribution in [1.82, 2.24) is 0 Å². The highest BCUT2D eigenvalue weighted by molar-refractivity contribution is 6.43. The van der Waals surface area contributed by atoms with Gasteiger partial charge in [-0.15, -0.1) is 0 Å². The van der Waals surface area contributed by atoms with Gasteiger partial charge in [-0.25, -0.2) is 0 Å². The topological polar surface area (TPSA) is 70.7 Å². The van der Waals surface area contributed by atoms with Gasteiger partial charge in [0, 0.05) is 18.8 Å². The fourth-order valence-electron chi connectivity index (χ4n) is 2.85. The Balaban J connectivity index is 1.69. The molecule has 0 atom stereocenters. The lowest BCUT2D eigenvalue weighted by molar-refractivity contribution is -0.132. The van der Waals surface area contributed by atoms with E-state index >= 15 is 0 Å². The number of carbonyl (C=O) groups excluding carboxylic acids is 2. The van der Waals surface area contributed by atoms with Crippen LogP contribution in [-0.2, 0) is 14.3 Å². The van der Waals surface area contributed by atoms with Crippen LogP contribution in [0.1, 0.15) is 11.1 Å². The molecule has 0 saturated carbocycles. The van der Waals surface area contributed by atoms with Crippen molar-refractivity contribution < 1.29 is 14.3 Å². The number of carbonyl (C=O) groups is 2. The van der Waals surface area contributed by atoms with E-state index in [4.69, 9.17) is 4.74 Å². The van der Waals surface area contributed by atoms with Crippen LogP contribution in [0.2, 0.25) is 0 Å². The third kappa shape index (κ3) is 4.21. The number of ether oxygens (including phenoxy) is 1. The van der Waals surface area contributed by atoms with Crippen molar-refractivity contribution in [2.24, 2.45) is 0 Å². The van der Waals surface area contributed by atoms with Crippen molar-refractivity contribution in [3.63, 3.8) is 0 Å². The Morgan fingerprint density at radius 1 is 0.923 bits per heavy atom. The molecule has 26 heavy (non-hydrogen) atoms. The molecule has 2 aromatic rings. The maximum absolute atomic E-state index is 12.3. The van der Waals surface area contributed by atoms with Crippen molar-refractivity contribution in [2.45, 2.75) is 13.8 Å². The van der Waals surface area contributed by atoms with Crippen LogP contribution < -0.4 is 15.5 Å². The monoisotopic (exact) mass is 353 g/mol. The summed E-state index contributed by atoms with van der Waals surface area (Å²) in [6.07, 6.45) is 0. The molecular formula is C20H23N3O3. The van der Waals surface area contributed by atoms with E-state index < -0.39 is 11.8 Å². The van der Waals surface area contributed by atoms with Crippen molar-refractivity contribution in [1.29, 1.82) is 0 Å². The molecule has 0 unspecified atom stereocenters. The van der Waals surface area contributed by atoms with Crippen LogP contribution in [-0.4, -0.2) is 38.1 Å². The maximum Gasteiger partial charge on any atom is 0.314 e. The number of hydrogen-bond acceptors (Lipinski definition) is 4. The molecule has 6 nitrogen and oxygen atoms in total. The van der Waals surface area contributed by atoms with Crippen molar-refractivity contribution in [3.05, 3.63) is 53.6 Å². The number of anilines is 3. The fraction of sp³-hybridized carbons (Fsp3) is 0.300. The number of rotatable bonds is 3. The molecule has 2 aromatic carbocycles. The first-order valence-electron chi connectivity index (χ1n) is 8.66. The Morgan fingerprint density at radius 3 is 2.35 bits per heavy atom. The van der Waals surface area contributed by atoms with E-state index in [-0.39, 0.29) is 0 Å². The normalized spacial score (nSPS) is 14.0. The van der Waals surface area contributed by atoms with Gasteiger partial charge in [0.25, 0.3) is 0 Å². The molecule has 3 rings (SSSR count). The zero-order valence-electron chi connectivity index (χ0n) is 15.0. The van der Waals surface area contributed by atoms with Crippen molar-refractivity contribution in [3.8, 4) is 0 Å². The number of aryl methyl sites for hydroxylation is 2. The SMILES string of the molecule is Cc1ccc(NC(=O)C(=O)Nc2ccccc2N2CCOCC2)cc1C. The molecule has 1 aliphatic rings. The summed E-state index contributed by atoms with van der Waals surface area (Å²) < 4.78 is 5.37. The first-order valence-corrected chi connectivity index (χ1v) is 8.66. The molecule has 2 N–H and O–H groups in total. The van der Waals surface area contributed by atoms with Crippen LogP contribution in [0, 0.1) is 13.8 Å². The van der Waals surface area contributed by atoms with E-state index in [0.29, 0.717) is 24.6 Å². The van der Waals surface area contributed by atoms with E-state index in [1.165, 1.54) is 0 Å². The average Bonchev–Trinajstić information content (AvgIpc) is 2.66. The molecule has 136 valence electrons. The Bertz CT molecular complexity index is 814.